The number of aryl methyl sites for hydroxylation is 1. The van der Waals surface area contributed by atoms with E-state index < -0.39 is 11.5 Å². The molecule has 1 aromatic carbocycles. The lowest BCUT2D eigenvalue weighted by atomic mass is 10.1. The number of nitrogens with one attached hydrogen (secondary N) is 2. The van der Waals surface area contributed by atoms with E-state index in [9.17, 15) is 18.8 Å². The van der Waals surface area contributed by atoms with Gasteiger partial charge in [-0.2, -0.15) is 5.10 Å². The molecular weight excluding hydrogens is 401 g/mol. The Hall–Kier alpha value is -3.75. The molecule has 2 heterocycles. The molecule has 9 heteroatoms. The standard InChI is InChI=1S/C22H24FN5O3/c1-14(19-11-25-27(3)15(19)2)26-20(29)13-28-12-17(6-9-21(28)30)22(31)24-10-16-4-7-18(23)8-5-16/h4-9,11-12,14H,10,13H2,1-3H3,(H,24,31)(H,26,29). The summed E-state index contributed by atoms with van der Waals surface area (Å²) in [6, 6.07) is 8.15. The SMILES string of the molecule is Cc1c(C(C)NC(=O)Cn2cc(C(=O)NCc3ccc(F)cc3)ccc2=O)cnn1C. The molecule has 3 rings (SSSR count). The summed E-state index contributed by atoms with van der Waals surface area (Å²) in [6.07, 6.45) is 3.04. The first-order valence-electron chi connectivity index (χ1n) is 9.75. The molecule has 0 spiro atoms. The quantitative estimate of drug-likeness (QED) is 0.604. The predicted octanol–water partition coefficient (Wildman–Crippen LogP) is 1.84. The minimum Gasteiger partial charge on any atom is -0.348 e. The zero-order chi connectivity index (χ0) is 22.5. The van der Waals surface area contributed by atoms with E-state index in [-0.39, 0.29) is 36.4 Å². The number of hydrogen-bond acceptors (Lipinski definition) is 4. The zero-order valence-corrected chi connectivity index (χ0v) is 17.6. The highest BCUT2D eigenvalue weighted by atomic mass is 19.1. The van der Waals surface area contributed by atoms with Crippen LogP contribution in [0, 0.1) is 12.7 Å². The van der Waals surface area contributed by atoms with Gasteiger partial charge < -0.3 is 15.2 Å². The highest BCUT2D eigenvalue weighted by Crippen LogP contribution is 2.15. The lowest BCUT2D eigenvalue weighted by Crippen LogP contribution is -2.34. The lowest BCUT2D eigenvalue weighted by Gasteiger charge is -2.15. The molecule has 31 heavy (non-hydrogen) atoms. The summed E-state index contributed by atoms with van der Waals surface area (Å²) in [5.74, 6) is -1.12. The van der Waals surface area contributed by atoms with Crippen molar-refractivity contribution in [2.45, 2.75) is 33.0 Å². The number of pyridine rings is 1. The lowest BCUT2D eigenvalue weighted by molar-refractivity contribution is -0.122. The van der Waals surface area contributed by atoms with Gasteiger partial charge in [0.25, 0.3) is 11.5 Å². The van der Waals surface area contributed by atoms with Crippen LogP contribution in [0.3, 0.4) is 0 Å². The average Bonchev–Trinajstić information content (AvgIpc) is 3.07. The molecular formula is C22H24FN5O3. The van der Waals surface area contributed by atoms with E-state index in [1.165, 1.54) is 35.0 Å². The third kappa shape index (κ3) is 5.44. The highest BCUT2D eigenvalue weighted by molar-refractivity contribution is 5.93. The molecule has 0 saturated carbocycles. The second-order valence-electron chi connectivity index (χ2n) is 7.29. The number of carbonyl (C=O) groups excluding carboxylic acids is 2. The number of halogens is 1. The normalized spacial score (nSPS) is 11.7. The first kappa shape index (κ1) is 21.9. The molecule has 0 aliphatic carbocycles. The Balaban J connectivity index is 1.63. The van der Waals surface area contributed by atoms with Crippen LogP contribution >= 0.6 is 0 Å². The zero-order valence-electron chi connectivity index (χ0n) is 17.6. The Morgan fingerprint density at radius 1 is 1.16 bits per heavy atom. The molecule has 0 aliphatic rings. The fourth-order valence-electron chi connectivity index (χ4n) is 3.14. The minimum absolute atomic E-state index is 0.209. The highest BCUT2D eigenvalue weighted by Gasteiger charge is 2.16. The molecule has 0 fully saturated rings. The van der Waals surface area contributed by atoms with Crippen LogP contribution in [0.1, 0.15) is 40.1 Å². The van der Waals surface area contributed by atoms with Crippen molar-refractivity contribution in [2.24, 2.45) is 7.05 Å². The van der Waals surface area contributed by atoms with Crippen molar-refractivity contribution in [2.75, 3.05) is 0 Å². The Morgan fingerprint density at radius 3 is 2.52 bits per heavy atom. The summed E-state index contributed by atoms with van der Waals surface area (Å²) in [5, 5.41) is 9.72. The van der Waals surface area contributed by atoms with E-state index in [0.29, 0.717) is 0 Å². The van der Waals surface area contributed by atoms with Gasteiger partial charge in [-0.1, -0.05) is 12.1 Å². The van der Waals surface area contributed by atoms with Gasteiger partial charge in [0.05, 0.1) is 17.8 Å². The van der Waals surface area contributed by atoms with Crippen LogP contribution in [0.2, 0.25) is 0 Å². The number of nitrogens with zero attached hydrogens (tertiary/aromatic N) is 3. The molecule has 162 valence electrons. The Morgan fingerprint density at radius 2 is 1.87 bits per heavy atom. The summed E-state index contributed by atoms with van der Waals surface area (Å²) >= 11 is 0. The topological polar surface area (TPSA) is 98.0 Å². The fraction of sp³-hybridized carbons (Fsp3) is 0.273. The van der Waals surface area contributed by atoms with Gasteiger partial charge in [0.15, 0.2) is 0 Å². The molecule has 0 bridgehead atoms. The summed E-state index contributed by atoms with van der Waals surface area (Å²) < 4.78 is 15.9. The maximum atomic E-state index is 13.0. The van der Waals surface area contributed by atoms with Gasteiger partial charge in [-0.15, -0.1) is 0 Å². The van der Waals surface area contributed by atoms with E-state index >= 15 is 0 Å². The summed E-state index contributed by atoms with van der Waals surface area (Å²) in [7, 11) is 1.82. The van der Waals surface area contributed by atoms with Crippen LogP contribution in [-0.4, -0.2) is 26.2 Å². The Kier molecular flexibility index (Phi) is 6.64. The van der Waals surface area contributed by atoms with E-state index in [4.69, 9.17) is 0 Å². The first-order chi connectivity index (χ1) is 14.7. The molecule has 3 aromatic rings. The monoisotopic (exact) mass is 425 g/mol. The maximum Gasteiger partial charge on any atom is 0.253 e. The van der Waals surface area contributed by atoms with Crippen LogP contribution in [0.5, 0.6) is 0 Å². The predicted molar refractivity (Wildman–Crippen MR) is 113 cm³/mol. The van der Waals surface area contributed by atoms with Crippen molar-refractivity contribution in [3.05, 3.63) is 87.3 Å². The fourth-order valence-corrected chi connectivity index (χ4v) is 3.14. The molecule has 2 aromatic heterocycles. The van der Waals surface area contributed by atoms with Gasteiger partial charge in [-0.25, -0.2) is 4.39 Å². The van der Waals surface area contributed by atoms with Crippen molar-refractivity contribution in [3.8, 4) is 0 Å². The van der Waals surface area contributed by atoms with Crippen molar-refractivity contribution in [1.82, 2.24) is 25.0 Å². The number of rotatable bonds is 7. The van der Waals surface area contributed by atoms with Gasteiger partial charge in [0.2, 0.25) is 5.91 Å². The number of amides is 2. The molecule has 2 amide bonds. The third-order valence-corrected chi connectivity index (χ3v) is 5.04. The molecule has 0 radical (unpaired) electrons. The van der Waals surface area contributed by atoms with Crippen molar-refractivity contribution in [3.63, 3.8) is 0 Å². The largest absolute Gasteiger partial charge is 0.348 e. The summed E-state index contributed by atoms with van der Waals surface area (Å²) in [5.41, 5.74) is 2.41. The van der Waals surface area contributed by atoms with Gasteiger partial charge in [-0.3, -0.25) is 19.1 Å². The second kappa shape index (κ2) is 9.38. The smallest absolute Gasteiger partial charge is 0.253 e. The Bertz CT molecular complexity index is 1150. The third-order valence-electron chi connectivity index (χ3n) is 5.04. The van der Waals surface area contributed by atoms with Crippen LogP contribution in [-0.2, 0) is 24.9 Å². The van der Waals surface area contributed by atoms with E-state index in [1.54, 1.807) is 23.0 Å². The van der Waals surface area contributed by atoms with Crippen LogP contribution < -0.4 is 16.2 Å². The minimum atomic E-state index is -0.405. The van der Waals surface area contributed by atoms with E-state index in [1.807, 2.05) is 20.9 Å². The van der Waals surface area contributed by atoms with E-state index in [2.05, 4.69) is 15.7 Å². The molecule has 1 atom stereocenters. The van der Waals surface area contributed by atoms with Crippen molar-refractivity contribution >= 4 is 11.8 Å². The molecule has 1 unspecified atom stereocenters. The molecule has 0 saturated heterocycles. The van der Waals surface area contributed by atoms with Gasteiger partial charge in [0, 0.05) is 37.1 Å². The van der Waals surface area contributed by atoms with Gasteiger partial charge in [-0.05, 0) is 37.6 Å². The first-order valence-corrected chi connectivity index (χ1v) is 9.75. The van der Waals surface area contributed by atoms with Crippen LogP contribution in [0.4, 0.5) is 4.39 Å². The second-order valence-corrected chi connectivity index (χ2v) is 7.29. The van der Waals surface area contributed by atoms with Crippen LogP contribution in [0.15, 0.2) is 53.6 Å². The number of carbonyl (C=O) groups is 2. The molecule has 2 N–H and O–H groups in total. The molecule has 0 aliphatic heterocycles. The number of benzene rings is 1. The van der Waals surface area contributed by atoms with Crippen LogP contribution in [0.25, 0.3) is 0 Å². The van der Waals surface area contributed by atoms with Gasteiger partial charge in [0.1, 0.15) is 12.4 Å². The maximum absolute atomic E-state index is 13.0. The molecule has 8 nitrogen and oxygen atoms in total. The average molecular weight is 425 g/mol. The number of hydrogen-bond donors (Lipinski definition) is 2. The Labute approximate surface area is 178 Å². The van der Waals surface area contributed by atoms with Crippen molar-refractivity contribution in [1.29, 1.82) is 0 Å². The summed E-state index contributed by atoms with van der Waals surface area (Å²) in [6.45, 7) is 3.73. The number of aromatic nitrogens is 3. The van der Waals surface area contributed by atoms with Crippen molar-refractivity contribution < 1.29 is 14.0 Å². The van der Waals surface area contributed by atoms with Gasteiger partial charge >= 0.3 is 0 Å². The van der Waals surface area contributed by atoms with E-state index in [0.717, 1.165) is 16.8 Å². The summed E-state index contributed by atoms with van der Waals surface area (Å²) in [4.78, 5) is 37.0.